The number of hydrogen-bond donors (Lipinski definition) is 0. The van der Waals surface area contributed by atoms with Crippen LogP contribution in [0.4, 0.5) is 14.5 Å². The van der Waals surface area contributed by atoms with E-state index in [1.165, 1.54) is 41.7 Å². The van der Waals surface area contributed by atoms with Gasteiger partial charge in [0.2, 0.25) is 10.0 Å². The Morgan fingerprint density at radius 1 is 1.07 bits per heavy atom. The molecule has 0 saturated carbocycles. The lowest BCUT2D eigenvalue weighted by molar-refractivity contribution is 0.0730. The summed E-state index contributed by atoms with van der Waals surface area (Å²) in [7, 11) is -2.35. The topological polar surface area (TPSA) is 66.9 Å². The van der Waals surface area contributed by atoms with Gasteiger partial charge in [-0.25, -0.2) is 17.2 Å². The molecule has 0 bridgehead atoms. The Kier molecular flexibility index (Phi) is 5.54. The normalized spacial score (nSPS) is 15.5. The van der Waals surface area contributed by atoms with Crippen LogP contribution in [0.3, 0.4) is 0 Å². The van der Waals surface area contributed by atoms with Gasteiger partial charge in [0.05, 0.1) is 18.1 Å². The maximum Gasteiger partial charge on any atom is 0.258 e. The number of carbonyl (C=O) groups is 1. The maximum absolute atomic E-state index is 13.4. The average Bonchev–Trinajstić information content (AvgIpc) is 2.69. The molecule has 1 fully saturated rings. The van der Waals surface area contributed by atoms with Crippen molar-refractivity contribution in [1.29, 1.82) is 0 Å². The summed E-state index contributed by atoms with van der Waals surface area (Å²) in [6, 6.07) is 8.74. The number of hydrogen-bond acceptors (Lipinski definition) is 4. The van der Waals surface area contributed by atoms with Crippen molar-refractivity contribution in [2.24, 2.45) is 0 Å². The lowest BCUT2D eigenvalue weighted by atomic mass is 10.2. The monoisotopic (exact) mass is 396 g/mol. The van der Waals surface area contributed by atoms with Crippen molar-refractivity contribution in [3.05, 3.63) is 59.7 Å². The van der Waals surface area contributed by atoms with Crippen LogP contribution in [0.25, 0.3) is 0 Å². The Morgan fingerprint density at radius 2 is 1.78 bits per heavy atom. The Balaban J connectivity index is 1.88. The zero-order valence-electron chi connectivity index (χ0n) is 14.6. The molecule has 27 heavy (non-hydrogen) atoms. The van der Waals surface area contributed by atoms with Gasteiger partial charge in [-0.1, -0.05) is 6.07 Å². The molecule has 2 aromatic carbocycles. The van der Waals surface area contributed by atoms with Gasteiger partial charge >= 0.3 is 0 Å². The van der Waals surface area contributed by atoms with E-state index < -0.39 is 27.6 Å². The highest BCUT2D eigenvalue weighted by atomic mass is 32.2. The van der Waals surface area contributed by atoms with E-state index in [2.05, 4.69) is 0 Å². The molecule has 1 saturated heterocycles. The number of ether oxygens (including phenoxy) is 1. The van der Waals surface area contributed by atoms with Crippen LogP contribution in [0, 0.1) is 11.6 Å². The van der Waals surface area contributed by atoms with Crippen molar-refractivity contribution in [3.63, 3.8) is 0 Å². The first-order valence-electron chi connectivity index (χ1n) is 8.22. The van der Waals surface area contributed by atoms with Crippen LogP contribution < -0.4 is 4.90 Å². The summed E-state index contributed by atoms with van der Waals surface area (Å²) < 4.78 is 58.5. The second-order valence-corrected chi connectivity index (χ2v) is 7.94. The third-order valence-electron chi connectivity index (χ3n) is 4.28. The Morgan fingerprint density at radius 3 is 2.44 bits per heavy atom. The molecule has 0 unspecified atom stereocenters. The van der Waals surface area contributed by atoms with Gasteiger partial charge in [-0.05, 0) is 30.3 Å². The lowest BCUT2D eigenvalue weighted by Crippen LogP contribution is -2.40. The largest absolute Gasteiger partial charge is 0.379 e. The van der Waals surface area contributed by atoms with Crippen molar-refractivity contribution in [2.45, 2.75) is 4.90 Å². The molecule has 0 aliphatic carbocycles. The molecule has 6 nitrogen and oxygen atoms in total. The van der Waals surface area contributed by atoms with Crippen LogP contribution in [0.1, 0.15) is 10.4 Å². The van der Waals surface area contributed by atoms with Gasteiger partial charge in [0.1, 0.15) is 0 Å². The Hall–Kier alpha value is -2.36. The van der Waals surface area contributed by atoms with E-state index in [4.69, 9.17) is 4.74 Å². The number of amides is 1. The zero-order chi connectivity index (χ0) is 19.6. The minimum atomic E-state index is -3.75. The second kappa shape index (κ2) is 7.71. The van der Waals surface area contributed by atoms with Crippen molar-refractivity contribution in [1.82, 2.24) is 4.31 Å². The van der Waals surface area contributed by atoms with Crippen LogP contribution in [-0.4, -0.2) is 52.0 Å². The van der Waals surface area contributed by atoms with E-state index >= 15 is 0 Å². The van der Waals surface area contributed by atoms with Gasteiger partial charge in [0.15, 0.2) is 11.6 Å². The number of carbonyl (C=O) groups excluding carboxylic acids is 1. The molecule has 0 aromatic heterocycles. The van der Waals surface area contributed by atoms with Crippen LogP contribution in [0.15, 0.2) is 47.4 Å². The summed E-state index contributed by atoms with van der Waals surface area (Å²) in [5.41, 5.74) is 0.275. The van der Waals surface area contributed by atoms with Crippen LogP contribution in [-0.2, 0) is 14.8 Å². The van der Waals surface area contributed by atoms with Crippen molar-refractivity contribution >= 4 is 21.6 Å². The molecular weight excluding hydrogens is 378 g/mol. The standard InChI is InChI=1S/C18H18F2N2O4S/c1-21(14-5-6-16(19)17(20)12-14)18(23)13-3-2-4-15(11-13)27(24,25)22-7-9-26-10-8-22/h2-6,11-12H,7-10H2,1H3. The molecule has 0 N–H and O–H groups in total. The van der Waals surface area contributed by atoms with E-state index in [9.17, 15) is 22.0 Å². The van der Waals surface area contributed by atoms with E-state index in [1.807, 2.05) is 0 Å². The number of halogens is 2. The zero-order valence-corrected chi connectivity index (χ0v) is 15.4. The van der Waals surface area contributed by atoms with Gasteiger partial charge in [0, 0.05) is 37.5 Å². The number of rotatable bonds is 4. The number of sulfonamides is 1. The molecule has 2 aromatic rings. The molecule has 1 aliphatic rings. The highest BCUT2D eigenvalue weighted by molar-refractivity contribution is 7.89. The van der Waals surface area contributed by atoms with Crippen LogP contribution in [0.2, 0.25) is 0 Å². The summed E-state index contributed by atoms with van der Waals surface area (Å²) in [6.07, 6.45) is 0. The van der Waals surface area contributed by atoms with E-state index in [0.29, 0.717) is 13.2 Å². The van der Waals surface area contributed by atoms with Gasteiger partial charge < -0.3 is 9.64 Å². The number of benzene rings is 2. The van der Waals surface area contributed by atoms with E-state index in [1.54, 1.807) is 0 Å². The molecule has 0 spiro atoms. The first kappa shape index (κ1) is 19.4. The predicted octanol–water partition coefficient (Wildman–Crippen LogP) is 2.26. The van der Waals surface area contributed by atoms with Crippen LogP contribution in [0.5, 0.6) is 0 Å². The molecule has 9 heteroatoms. The Labute approximate surface area is 156 Å². The first-order chi connectivity index (χ1) is 12.8. The molecule has 3 rings (SSSR count). The fraction of sp³-hybridized carbons (Fsp3) is 0.278. The minimum Gasteiger partial charge on any atom is -0.379 e. The summed E-state index contributed by atoms with van der Waals surface area (Å²) in [5, 5.41) is 0. The number of nitrogens with zero attached hydrogens (tertiary/aromatic N) is 2. The van der Waals surface area contributed by atoms with Gasteiger partial charge in [0.25, 0.3) is 5.91 Å². The molecule has 144 valence electrons. The minimum absolute atomic E-state index is 0.00561. The van der Waals surface area contributed by atoms with Crippen molar-refractivity contribution in [3.8, 4) is 0 Å². The fourth-order valence-corrected chi connectivity index (χ4v) is 4.18. The van der Waals surface area contributed by atoms with Crippen molar-refractivity contribution < 1.29 is 26.7 Å². The highest BCUT2D eigenvalue weighted by Gasteiger charge is 2.27. The van der Waals surface area contributed by atoms with Crippen LogP contribution >= 0.6 is 0 Å². The fourth-order valence-electron chi connectivity index (χ4n) is 2.73. The van der Waals surface area contributed by atoms with Gasteiger partial charge in [-0.2, -0.15) is 4.31 Å². The molecule has 0 radical (unpaired) electrons. The molecule has 1 aliphatic heterocycles. The molecule has 1 amide bonds. The van der Waals surface area contributed by atoms with Crippen molar-refractivity contribution in [2.75, 3.05) is 38.3 Å². The van der Waals surface area contributed by atoms with Gasteiger partial charge in [-0.15, -0.1) is 0 Å². The first-order valence-corrected chi connectivity index (χ1v) is 9.66. The van der Waals surface area contributed by atoms with E-state index in [-0.39, 0.29) is 29.2 Å². The van der Waals surface area contributed by atoms with Gasteiger partial charge in [-0.3, -0.25) is 4.79 Å². The second-order valence-electron chi connectivity index (χ2n) is 6.01. The lowest BCUT2D eigenvalue weighted by Gasteiger charge is -2.26. The Bertz CT molecular complexity index is 960. The summed E-state index contributed by atoms with van der Waals surface area (Å²) >= 11 is 0. The summed E-state index contributed by atoms with van der Waals surface area (Å²) in [6.45, 7) is 1.12. The summed E-state index contributed by atoms with van der Waals surface area (Å²) in [5.74, 6) is -2.63. The number of morpholine rings is 1. The third kappa shape index (κ3) is 4.00. The quantitative estimate of drug-likeness (QED) is 0.795. The molecule has 0 atom stereocenters. The third-order valence-corrected chi connectivity index (χ3v) is 6.18. The van der Waals surface area contributed by atoms with E-state index in [0.717, 1.165) is 17.0 Å². The predicted molar refractivity (Wildman–Crippen MR) is 95.1 cm³/mol. The molecular formula is C18H18F2N2O4S. The number of anilines is 1. The SMILES string of the molecule is CN(C(=O)c1cccc(S(=O)(=O)N2CCOCC2)c1)c1ccc(F)c(F)c1. The smallest absolute Gasteiger partial charge is 0.258 e. The highest BCUT2D eigenvalue weighted by Crippen LogP contribution is 2.22. The average molecular weight is 396 g/mol. The molecule has 1 heterocycles. The maximum atomic E-state index is 13.4. The summed E-state index contributed by atoms with van der Waals surface area (Å²) in [4.78, 5) is 13.8.